The maximum atomic E-state index is 12.6. The minimum absolute atomic E-state index is 0.0699. The Hall–Kier alpha value is -3.02. The van der Waals surface area contributed by atoms with Crippen LogP contribution < -0.4 is 14.4 Å². The van der Waals surface area contributed by atoms with E-state index in [1.54, 1.807) is 37.4 Å². The molecule has 0 unspecified atom stereocenters. The molecular weight excluding hydrogens is 310 g/mol. The lowest BCUT2D eigenvalue weighted by molar-refractivity contribution is -0.118. The first-order valence-corrected chi connectivity index (χ1v) is 7.47. The molecule has 2 aromatic carbocycles. The fraction of sp³-hybridized carbons (Fsp3) is 0.222. The van der Waals surface area contributed by atoms with Gasteiger partial charge in [0.1, 0.15) is 11.5 Å². The van der Waals surface area contributed by atoms with Gasteiger partial charge in [-0.3, -0.25) is 9.69 Å². The number of fused-ring (bicyclic) bond motifs is 1. The number of hydrogen-bond donors (Lipinski definition) is 1. The standard InChI is InChI=1S/C18H17NO5/c1-23-11-9-15-12(16(10-11)24-2)7-8-17(20)19(15)14-6-4-3-5-13(14)18(21)22/h3-6,9-10H,7-8H2,1-2H3,(H,21,22). The third-order valence-electron chi connectivity index (χ3n) is 4.07. The van der Waals surface area contributed by atoms with E-state index in [0.717, 1.165) is 5.56 Å². The maximum Gasteiger partial charge on any atom is 0.337 e. The molecule has 0 saturated carbocycles. The van der Waals surface area contributed by atoms with Crippen LogP contribution >= 0.6 is 0 Å². The molecule has 2 aromatic rings. The third-order valence-corrected chi connectivity index (χ3v) is 4.07. The molecule has 0 spiro atoms. The Morgan fingerprint density at radius 3 is 2.50 bits per heavy atom. The Balaban J connectivity index is 2.25. The lowest BCUT2D eigenvalue weighted by Gasteiger charge is -2.31. The molecular formula is C18H17NO5. The molecule has 0 aromatic heterocycles. The quantitative estimate of drug-likeness (QED) is 0.934. The number of carboxylic acids is 1. The highest BCUT2D eigenvalue weighted by molar-refractivity contribution is 6.08. The molecule has 0 bridgehead atoms. The minimum atomic E-state index is -1.08. The largest absolute Gasteiger partial charge is 0.497 e. The van der Waals surface area contributed by atoms with Crippen LogP contribution in [0.15, 0.2) is 36.4 Å². The van der Waals surface area contributed by atoms with Gasteiger partial charge >= 0.3 is 5.97 Å². The van der Waals surface area contributed by atoms with Crippen LogP contribution in [0.5, 0.6) is 11.5 Å². The van der Waals surface area contributed by atoms with Gasteiger partial charge in [-0.15, -0.1) is 0 Å². The number of carbonyl (C=O) groups is 2. The first-order valence-electron chi connectivity index (χ1n) is 7.47. The van der Waals surface area contributed by atoms with Crippen molar-refractivity contribution < 1.29 is 24.2 Å². The van der Waals surface area contributed by atoms with E-state index < -0.39 is 5.97 Å². The molecule has 0 radical (unpaired) electrons. The van der Waals surface area contributed by atoms with Gasteiger partial charge < -0.3 is 14.6 Å². The number of para-hydroxylation sites is 1. The monoisotopic (exact) mass is 327 g/mol. The smallest absolute Gasteiger partial charge is 0.337 e. The molecule has 0 saturated heterocycles. The molecule has 6 nitrogen and oxygen atoms in total. The number of benzene rings is 2. The summed E-state index contributed by atoms with van der Waals surface area (Å²) in [5.74, 6) is -0.0837. The van der Waals surface area contributed by atoms with Crippen molar-refractivity contribution in [3.63, 3.8) is 0 Å². The number of carboxylic acid groups (broad SMARTS) is 1. The average Bonchev–Trinajstić information content (AvgIpc) is 2.60. The van der Waals surface area contributed by atoms with Crippen molar-refractivity contribution in [1.82, 2.24) is 0 Å². The summed E-state index contributed by atoms with van der Waals surface area (Å²) in [6.07, 6.45) is 0.816. The van der Waals surface area contributed by atoms with E-state index in [0.29, 0.717) is 29.3 Å². The van der Waals surface area contributed by atoms with Gasteiger partial charge in [-0.2, -0.15) is 0 Å². The highest BCUT2D eigenvalue weighted by Gasteiger charge is 2.31. The summed E-state index contributed by atoms with van der Waals surface area (Å²) in [5, 5.41) is 9.44. The Kier molecular flexibility index (Phi) is 4.12. The van der Waals surface area contributed by atoms with Crippen molar-refractivity contribution in [1.29, 1.82) is 0 Å². The number of anilines is 2. The van der Waals surface area contributed by atoms with E-state index in [1.165, 1.54) is 18.1 Å². The molecule has 0 aliphatic carbocycles. The molecule has 1 amide bonds. The molecule has 0 atom stereocenters. The van der Waals surface area contributed by atoms with Crippen molar-refractivity contribution in [3.8, 4) is 11.5 Å². The SMILES string of the molecule is COc1cc(OC)c2c(c1)N(c1ccccc1C(=O)O)C(=O)CC2. The zero-order valence-electron chi connectivity index (χ0n) is 13.4. The van der Waals surface area contributed by atoms with Gasteiger partial charge in [0.2, 0.25) is 5.91 Å². The lowest BCUT2D eigenvalue weighted by atomic mass is 9.98. The molecule has 3 rings (SSSR count). The van der Waals surface area contributed by atoms with Gasteiger partial charge in [-0.1, -0.05) is 12.1 Å². The second-order valence-electron chi connectivity index (χ2n) is 5.38. The molecule has 1 aliphatic heterocycles. The van der Waals surface area contributed by atoms with Crippen molar-refractivity contribution in [2.75, 3.05) is 19.1 Å². The average molecular weight is 327 g/mol. The van der Waals surface area contributed by atoms with Crippen molar-refractivity contribution in [2.24, 2.45) is 0 Å². The number of hydrogen-bond acceptors (Lipinski definition) is 4. The summed E-state index contributed by atoms with van der Waals surface area (Å²) in [4.78, 5) is 25.6. The van der Waals surface area contributed by atoms with Crippen molar-refractivity contribution in [2.45, 2.75) is 12.8 Å². The summed E-state index contributed by atoms with van der Waals surface area (Å²) in [5.41, 5.74) is 1.86. The second-order valence-corrected chi connectivity index (χ2v) is 5.38. The minimum Gasteiger partial charge on any atom is -0.497 e. The predicted octanol–water partition coefficient (Wildman–Crippen LogP) is 3.01. The van der Waals surface area contributed by atoms with E-state index in [1.807, 2.05) is 0 Å². The second kappa shape index (κ2) is 6.23. The number of aromatic carboxylic acids is 1. The van der Waals surface area contributed by atoms with Gasteiger partial charge in [0.15, 0.2) is 0 Å². The van der Waals surface area contributed by atoms with Crippen LogP contribution in [0.2, 0.25) is 0 Å². The molecule has 0 fully saturated rings. The Labute approximate surface area is 139 Å². The highest BCUT2D eigenvalue weighted by Crippen LogP contribution is 2.42. The summed E-state index contributed by atoms with van der Waals surface area (Å²) in [7, 11) is 3.09. The van der Waals surface area contributed by atoms with Crippen LogP contribution in [-0.4, -0.2) is 31.2 Å². The van der Waals surface area contributed by atoms with Gasteiger partial charge in [0.25, 0.3) is 0 Å². The summed E-state index contributed by atoms with van der Waals surface area (Å²) >= 11 is 0. The predicted molar refractivity (Wildman–Crippen MR) is 88.4 cm³/mol. The van der Waals surface area contributed by atoms with Gasteiger partial charge in [-0.25, -0.2) is 4.79 Å². The van der Waals surface area contributed by atoms with Crippen LogP contribution in [0.4, 0.5) is 11.4 Å². The van der Waals surface area contributed by atoms with E-state index in [4.69, 9.17) is 9.47 Å². The highest BCUT2D eigenvalue weighted by atomic mass is 16.5. The summed E-state index contributed by atoms with van der Waals surface area (Å²) in [6, 6.07) is 9.94. The van der Waals surface area contributed by atoms with Gasteiger partial charge in [0, 0.05) is 24.1 Å². The Morgan fingerprint density at radius 2 is 1.83 bits per heavy atom. The molecule has 6 heteroatoms. The molecule has 124 valence electrons. The maximum absolute atomic E-state index is 12.6. The molecule has 24 heavy (non-hydrogen) atoms. The third kappa shape index (κ3) is 2.56. The zero-order valence-corrected chi connectivity index (χ0v) is 13.4. The lowest BCUT2D eigenvalue weighted by Crippen LogP contribution is -2.32. The van der Waals surface area contributed by atoms with Crippen LogP contribution in [0, 0.1) is 0 Å². The van der Waals surface area contributed by atoms with Crippen molar-refractivity contribution in [3.05, 3.63) is 47.5 Å². The molecule has 1 aliphatic rings. The topological polar surface area (TPSA) is 76.1 Å². The number of rotatable bonds is 4. The fourth-order valence-electron chi connectivity index (χ4n) is 2.95. The van der Waals surface area contributed by atoms with E-state index in [2.05, 4.69) is 0 Å². The molecule has 1 heterocycles. The number of ether oxygens (including phenoxy) is 2. The fourth-order valence-corrected chi connectivity index (χ4v) is 2.95. The first kappa shape index (κ1) is 15.9. The van der Waals surface area contributed by atoms with Crippen molar-refractivity contribution >= 4 is 23.3 Å². The number of nitrogens with zero attached hydrogens (tertiary/aromatic N) is 1. The first-order chi connectivity index (χ1) is 11.6. The van der Waals surface area contributed by atoms with Crippen LogP contribution in [0.1, 0.15) is 22.3 Å². The van der Waals surface area contributed by atoms with Crippen LogP contribution in [-0.2, 0) is 11.2 Å². The number of amides is 1. The number of methoxy groups -OCH3 is 2. The van der Waals surface area contributed by atoms with Crippen LogP contribution in [0.25, 0.3) is 0 Å². The van der Waals surface area contributed by atoms with E-state index in [-0.39, 0.29) is 17.9 Å². The van der Waals surface area contributed by atoms with Gasteiger partial charge in [0.05, 0.1) is 31.2 Å². The van der Waals surface area contributed by atoms with Crippen LogP contribution in [0.3, 0.4) is 0 Å². The summed E-state index contributed by atoms with van der Waals surface area (Å²) in [6.45, 7) is 0. The van der Waals surface area contributed by atoms with E-state index in [9.17, 15) is 14.7 Å². The number of carbonyl (C=O) groups excluding carboxylic acids is 1. The Morgan fingerprint density at radius 1 is 1.08 bits per heavy atom. The molecule has 1 N–H and O–H groups in total. The van der Waals surface area contributed by atoms with Gasteiger partial charge in [-0.05, 0) is 18.6 Å². The van der Waals surface area contributed by atoms with E-state index >= 15 is 0 Å². The Bertz CT molecular complexity index is 815. The normalized spacial score (nSPS) is 13.4. The summed E-state index contributed by atoms with van der Waals surface area (Å²) < 4.78 is 10.7. The zero-order chi connectivity index (χ0) is 17.3.